The summed E-state index contributed by atoms with van der Waals surface area (Å²) in [5.74, 6) is 5.83. The highest BCUT2D eigenvalue weighted by Crippen LogP contribution is 2.21. The summed E-state index contributed by atoms with van der Waals surface area (Å²) in [7, 11) is 0. The van der Waals surface area contributed by atoms with Crippen LogP contribution in [0, 0.1) is 18.8 Å². The molecule has 1 aromatic rings. The molecule has 0 aliphatic carbocycles. The Morgan fingerprint density at radius 2 is 2.36 bits per heavy atom. The number of rotatable bonds is 4. The van der Waals surface area contributed by atoms with Crippen molar-refractivity contribution in [2.45, 2.75) is 19.9 Å². The van der Waals surface area contributed by atoms with E-state index < -0.39 is 0 Å². The molecule has 1 unspecified atom stereocenters. The molecule has 0 aliphatic heterocycles. The Morgan fingerprint density at radius 1 is 1.57 bits per heavy atom. The normalized spacial score (nSPS) is 11.9. The number of nitrogens with two attached hydrogens (primary N) is 1. The zero-order valence-electron chi connectivity index (χ0n) is 8.63. The Labute approximate surface area is 89.5 Å². The summed E-state index contributed by atoms with van der Waals surface area (Å²) in [6, 6.07) is 4.49. The molecule has 1 rings (SSSR count). The highest BCUT2D eigenvalue weighted by molar-refractivity contribution is 7.12. The molecule has 0 radical (unpaired) electrons. The molecule has 0 aromatic carbocycles. The third-order valence-corrected chi connectivity index (χ3v) is 3.07. The molecule has 0 amide bonds. The molecule has 0 spiro atoms. The third-order valence-electron chi connectivity index (χ3n) is 1.95. The van der Waals surface area contributed by atoms with Gasteiger partial charge in [0, 0.05) is 16.3 Å². The molecule has 0 aliphatic rings. The van der Waals surface area contributed by atoms with E-state index in [-0.39, 0.29) is 6.04 Å². The molecule has 0 fully saturated rings. The molecule has 76 valence electrons. The lowest BCUT2D eigenvalue weighted by molar-refractivity contribution is 0.591. The van der Waals surface area contributed by atoms with Crippen LogP contribution in [-0.2, 0) is 0 Å². The number of nitrogens with one attached hydrogen (secondary N) is 1. The first-order chi connectivity index (χ1) is 6.77. The van der Waals surface area contributed by atoms with Gasteiger partial charge in [0.05, 0.1) is 12.6 Å². The van der Waals surface area contributed by atoms with Crippen molar-refractivity contribution in [2.24, 2.45) is 5.73 Å². The van der Waals surface area contributed by atoms with Gasteiger partial charge in [0.15, 0.2) is 0 Å². The topological polar surface area (TPSA) is 38.0 Å². The largest absolute Gasteiger partial charge is 0.329 e. The number of thiophene rings is 1. The van der Waals surface area contributed by atoms with E-state index in [1.165, 1.54) is 9.75 Å². The maximum absolute atomic E-state index is 5.69. The van der Waals surface area contributed by atoms with Crippen molar-refractivity contribution in [1.82, 2.24) is 5.32 Å². The van der Waals surface area contributed by atoms with E-state index in [0.717, 1.165) is 0 Å². The summed E-state index contributed by atoms with van der Waals surface area (Å²) >= 11 is 1.79. The molecule has 1 atom stereocenters. The molecule has 1 heterocycles. The van der Waals surface area contributed by atoms with E-state index in [0.29, 0.717) is 13.1 Å². The summed E-state index contributed by atoms with van der Waals surface area (Å²) in [6.07, 6.45) is 0. The van der Waals surface area contributed by atoms with Crippen LogP contribution < -0.4 is 11.1 Å². The fourth-order valence-corrected chi connectivity index (χ4v) is 2.17. The average molecular weight is 208 g/mol. The van der Waals surface area contributed by atoms with Crippen molar-refractivity contribution in [1.29, 1.82) is 0 Å². The van der Waals surface area contributed by atoms with Crippen molar-refractivity contribution in [2.75, 3.05) is 13.1 Å². The fourth-order valence-electron chi connectivity index (χ4n) is 1.20. The first-order valence-electron chi connectivity index (χ1n) is 4.67. The van der Waals surface area contributed by atoms with Crippen molar-refractivity contribution in [3.8, 4) is 11.8 Å². The first kappa shape index (κ1) is 11.3. The van der Waals surface area contributed by atoms with Gasteiger partial charge in [-0.3, -0.25) is 5.32 Å². The van der Waals surface area contributed by atoms with Crippen molar-refractivity contribution in [3.05, 3.63) is 21.9 Å². The molecule has 0 saturated carbocycles. The SMILES string of the molecule is CC#CCNC(CN)c1ccc(C)s1. The minimum absolute atomic E-state index is 0.245. The van der Waals surface area contributed by atoms with Gasteiger partial charge in [-0.2, -0.15) is 0 Å². The van der Waals surface area contributed by atoms with Crippen LogP contribution in [0.1, 0.15) is 22.7 Å². The van der Waals surface area contributed by atoms with Gasteiger partial charge in [0.2, 0.25) is 0 Å². The van der Waals surface area contributed by atoms with E-state index in [9.17, 15) is 0 Å². The molecular formula is C11H16N2S. The molecule has 3 heteroatoms. The lowest BCUT2D eigenvalue weighted by atomic mass is 10.2. The van der Waals surface area contributed by atoms with Gasteiger partial charge in [0.25, 0.3) is 0 Å². The van der Waals surface area contributed by atoms with Crippen LogP contribution >= 0.6 is 11.3 Å². The lowest BCUT2D eigenvalue weighted by Gasteiger charge is -2.12. The Balaban J connectivity index is 2.56. The second-order valence-electron chi connectivity index (χ2n) is 3.04. The van der Waals surface area contributed by atoms with Gasteiger partial charge in [-0.15, -0.1) is 17.3 Å². The van der Waals surface area contributed by atoms with Crippen molar-refractivity contribution >= 4 is 11.3 Å². The van der Waals surface area contributed by atoms with Crippen molar-refractivity contribution in [3.63, 3.8) is 0 Å². The van der Waals surface area contributed by atoms with Gasteiger partial charge in [0.1, 0.15) is 0 Å². The minimum atomic E-state index is 0.245. The van der Waals surface area contributed by atoms with Crippen LogP contribution in [0.4, 0.5) is 0 Å². The van der Waals surface area contributed by atoms with Gasteiger partial charge in [-0.25, -0.2) is 0 Å². The fraction of sp³-hybridized carbons (Fsp3) is 0.455. The average Bonchev–Trinajstić information content (AvgIpc) is 2.60. The Kier molecular flexibility index (Phi) is 4.68. The highest BCUT2D eigenvalue weighted by Gasteiger charge is 2.09. The predicted molar refractivity (Wildman–Crippen MR) is 62.3 cm³/mol. The monoisotopic (exact) mass is 208 g/mol. The summed E-state index contributed by atoms with van der Waals surface area (Å²) in [5, 5.41) is 3.31. The molecule has 2 nitrogen and oxygen atoms in total. The minimum Gasteiger partial charge on any atom is -0.329 e. The van der Waals surface area contributed by atoms with Gasteiger partial charge in [-0.05, 0) is 26.0 Å². The molecule has 0 saturated heterocycles. The van der Waals surface area contributed by atoms with E-state index in [4.69, 9.17) is 5.73 Å². The zero-order valence-corrected chi connectivity index (χ0v) is 9.45. The quantitative estimate of drug-likeness (QED) is 0.739. The standard InChI is InChI=1S/C11H16N2S/c1-3-4-7-13-10(8-12)11-6-5-9(2)14-11/h5-6,10,13H,7-8,12H2,1-2H3. The van der Waals surface area contributed by atoms with Crippen LogP contribution in [0.5, 0.6) is 0 Å². The second-order valence-corrected chi connectivity index (χ2v) is 4.36. The van der Waals surface area contributed by atoms with E-state index in [2.05, 4.69) is 36.2 Å². The van der Waals surface area contributed by atoms with E-state index in [1.54, 1.807) is 11.3 Å². The van der Waals surface area contributed by atoms with Crippen molar-refractivity contribution < 1.29 is 0 Å². The second kappa shape index (κ2) is 5.82. The van der Waals surface area contributed by atoms with Gasteiger partial charge >= 0.3 is 0 Å². The zero-order chi connectivity index (χ0) is 10.4. The maximum Gasteiger partial charge on any atom is 0.0581 e. The summed E-state index contributed by atoms with van der Waals surface area (Å²) < 4.78 is 0. The highest BCUT2D eigenvalue weighted by atomic mass is 32.1. The number of hydrogen-bond acceptors (Lipinski definition) is 3. The smallest absolute Gasteiger partial charge is 0.0581 e. The van der Waals surface area contributed by atoms with Gasteiger partial charge < -0.3 is 5.73 Å². The lowest BCUT2D eigenvalue weighted by Crippen LogP contribution is -2.27. The third kappa shape index (κ3) is 3.15. The van der Waals surface area contributed by atoms with Crippen LogP contribution in [0.2, 0.25) is 0 Å². The summed E-state index contributed by atoms with van der Waals surface area (Å²) in [6.45, 7) is 5.27. The van der Waals surface area contributed by atoms with Crippen LogP contribution in [0.3, 0.4) is 0 Å². The summed E-state index contributed by atoms with van der Waals surface area (Å²) in [5.41, 5.74) is 5.69. The summed E-state index contributed by atoms with van der Waals surface area (Å²) in [4.78, 5) is 2.62. The van der Waals surface area contributed by atoms with E-state index >= 15 is 0 Å². The molecular weight excluding hydrogens is 192 g/mol. The van der Waals surface area contributed by atoms with Crippen LogP contribution in [0.25, 0.3) is 0 Å². The molecule has 1 aromatic heterocycles. The van der Waals surface area contributed by atoms with Crippen LogP contribution in [-0.4, -0.2) is 13.1 Å². The predicted octanol–water partition coefficient (Wildman–Crippen LogP) is 1.67. The van der Waals surface area contributed by atoms with Crippen LogP contribution in [0.15, 0.2) is 12.1 Å². The van der Waals surface area contributed by atoms with Gasteiger partial charge in [-0.1, -0.05) is 5.92 Å². The molecule has 14 heavy (non-hydrogen) atoms. The molecule has 0 bridgehead atoms. The number of hydrogen-bond donors (Lipinski definition) is 2. The maximum atomic E-state index is 5.69. The Hall–Kier alpha value is -0.820. The molecule has 3 N–H and O–H groups in total. The Bertz CT molecular complexity index is 333. The Morgan fingerprint density at radius 3 is 2.86 bits per heavy atom. The number of aryl methyl sites for hydroxylation is 1. The first-order valence-corrected chi connectivity index (χ1v) is 5.49. The van der Waals surface area contributed by atoms with E-state index in [1.807, 2.05) is 6.92 Å².